The summed E-state index contributed by atoms with van der Waals surface area (Å²) in [6, 6.07) is 0. The van der Waals surface area contributed by atoms with Crippen molar-refractivity contribution in [3.05, 3.63) is 17.2 Å². The van der Waals surface area contributed by atoms with Crippen LogP contribution in [-0.4, -0.2) is 21.6 Å². The Balaban J connectivity index is 1.81. The van der Waals surface area contributed by atoms with Gasteiger partial charge < -0.3 is 9.88 Å². The molecule has 0 spiro atoms. The molecule has 2 rings (SSSR count). The Morgan fingerprint density at radius 2 is 1.89 bits per heavy atom. The molecule has 0 saturated carbocycles. The molecule has 1 aromatic heterocycles. The second-order valence-corrected chi connectivity index (χ2v) is 6.80. The Morgan fingerprint density at radius 1 is 1.16 bits per heavy atom. The lowest BCUT2D eigenvalue weighted by molar-refractivity contribution is 0.412. The normalized spacial score (nSPS) is 15.6. The number of imidazole rings is 1. The molecule has 1 aromatic rings. The molecular weight excluding hydrogens is 234 g/mol. The van der Waals surface area contributed by atoms with Gasteiger partial charge in [0.25, 0.3) is 0 Å². The second kappa shape index (κ2) is 6.08. The van der Waals surface area contributed by atoms with E-state index in [1.165, 1.54) is 55.7 Å². The quantitative estimate of drug-likeness (QED) is 0.827. The molecule has 0 unspecified atom stereocenters. The molecule has 19 heavy (non-hydrogen) atoms. The van der Waals surface area contributed by atoms with Crippen LogP contribution in [0.4, 0.5) is 0 Å². The molecule has 1 heterocycles. The summed E-state index contributed by atoms with van der Waals surface area (Å²) < 4.78 is 2.46. The van der Waals surface area contributed by atoms with Crippen LogP contribution in [0.15, 0.2) is 0 Å². The van der Waals surface area contributed by atoms with Crippen molar-refractivity contribution in [2.45, 2.75) is 78.3 Å². The Hall–Kier alpha value is -0.830. The van der Waals surface area contributed by atoms with Gasteiger partial charge in [-0.2, -0.15) is 0 Å². The van der Waals surface area contributed by atoms with Crippen molar-refractivity contribution >= 4 is 0 Å². The minimum Gasteiger partial charge on any atom is -0.332 e. The van der Waals surface area contributed by atoms with E-state index in [2.05, 4.69) is 37.6 Å². The van der Waals surface area contributed by atoms with Crippen LogP contribution in [0.3, 0.4) is 0 Å². The molecule has 0 aromatic carbocycles. The molecule has 0 atom stereocenters. The average Bonchev–Trinajstić information content (AvgIpc) is 2.64. The van der Waals surface area contributed by atoms with E-state index in [-0.39, 0.29) is 5.54 Å². The largest absolute Gasteiger partial charge is 0.332 e. The fraction of sp³-hybridized carbons (Fsp3) is 0.812. The van der Waals surface area contributed by atoms with E-state index in [1.807, 2.05) is 0 Å². The number of fused-ring (bicyclic) bond motifs is 1. The lowest BCUT2D eigenvalue weighted by Gasteiger charge is -2.20. The van der Waals surface area contributed by atoms with Gasteiger partial charge in [-0.05, 0) is 72.8 Å². The van der Waals surface area contributed by atoms with Gasteiger partial charge in [0.1, 0.15) is 5.82 Å². The Kier molecular flexibility index (Phi) is 4.67. The molecule has 0 saturated heterocycles. The van der Waals surface area contributed by atoms with Gasteiger partial charge in [-0.15, -0.1) is 0 Å². The minimum atomic E-state index is 0.240. The zero-order valence-electron chi connectivity index (χ0n) is 13.1. The summed E-state index contributed by atoms with van der Waals surface area (Å²) in [7, 11) is 0. The third kappa shape index (κ3) is 4.07. The lowest BCUT2D eigenvalue weighted by Crippen LogP contribution is -2.36. The SMILES string of the molecule is Cc1nc2c(n1CCCCNC(C)(C)C)CCCC2. The first-order chi connectivity index (χ1) is 8.97. The van der Waals surface area contributed by atoms with Crippen molar-refractivity contribution in [2.75, 3.05) is 6.54 Å². The molecular formula is C16H29N3. The topological polar surface area (TPSA) is 29.9 Å². The molecule has 1 aliphatic carbocycles. The number of hydrogen-bond acceptors (Lipinski definition) is 2. The zero-order valence-corrected chi connectivity index (χ0v) is 13.1. The van der Waals surface area contributed by atoms with E-state index >= 15 is 0 Å². The van der Waals surface area contributed by atoms with E-state index in [0.29, 0.717) is 0 Å². The van der Waals surface area contributed by atoms with Crippen LogP contribution in [0.1, 0.15) is 63.7 Å². The van der Waals surface area contributed by atoms with Crippen molar-refractivity contribution in [2.24, 2.45) is 0 Å². The molecule has 3 heteroatoms. The molecule has 0 aliphatic heterocycles. The fourth-order valence-electron chi connectivity index (χ4n) is 2.89. The number of nitrogens with one attached hydrogen (secondary N) is 1. The summed E-state index contributed by atoms with van der Waals surface area (Å²) in [5.74, 6) is 1.22. The highest BCUT2D eigenvalue weighted by atomic mass is 15.1. The smallest absolute Gasteiger partial charge is 0.106 e. The number of aryl methyl sites for hydroxylation is 2. The van der Waals surface area contributed by atoms with Gasteiger partial charge >= 0.3 is 0 Å². The highest BCUT2D eigenvalue weighted by Gasteiger charge is 2.17. The van der Waals surface area contributed by atoms with E-state index in [4.69, 9.17) is 4.98 Å². The van der Waals surface area contributed by atoms with Gasteiger partial charge in [-0.25, -0.2) is 4.98 Å². The maximum atomic E-state index is 4.74. The Morgan fingerprint density at radius 3 is 2.63 bits per heavy atom. The van der Waals surface area contributed by atoms with Crippen molar-refractivity contribution < 1.29 is 0 Å². The van der Waals surface area contributed by atoms with Crippen LogP contribution in [0.25, 0.3) is 0 Å². The molecule has 0 bridgehead atoms. The molecule has 3 nitrogen and oxygen atoms in total. The number of hydrogen-bond donors (Lipinski definition) is 1. The predicted molar refractivity (Wildman–Crippen MR) is 80.6 cm³/mol. The van der Waals surface area contributed by atoms with Crippen molar-refractivity contribution in [3.8, 4) is 0 Å². The summed E-state index contributed by atoms with van der Waals surface area (Å²) in [5.41, 5.74) is 3.13. The molecule has 108 valence electrons. The van der Waals surface area contributed by atoms with Crippen molar-refractivity contribution in [3.63, 3.8) is 0 Å². The van der Waals surface area contributed by atoms with E-state index in [9.17, 15) is 0 Å². The van der Waals surface area contributed by atoms with E-state index < -0.39 is 0 Å². The van der Waals surface area contributed by atoms with Crippen LogP contribution in [0.5, 0.6) is 0 Å². The number of unbranched alkanes of at least 4 members (excludes halogenated alkanes) is 1. The maximum absolute atomic E-state index is 4.74. The van der Waals surface area contributed by atoms with Crippen molar-refractivity contribution in [1.29, 1.82) is 0 Å². The number of aromatic nitrogens is 2. The molecule has 0 radical (unpaired) electrons. The summed E-state index contributed by atoms with van der Waals surface area (Å²) in [6.45, 7) is 11.1. The third-order valence-corrected chi connectivity index (χ3v) is 3.89. The first kappa shape index (κ1) is 14.6. The minimum absolute atomic E-state index is 0.240. The lowest BCUT2D eigenvalue weighted by atomic mass is 10.0. The summed E-state index contributed by atoms with van der Waals surface area (Å²) >= 11 is 0. The Bertz CT molecular complexity index is 412. The predicted octanol–water partition coefficient (Wildman–Crippen LogP) is 3.24. The monoisotopic (exact) mass is 263 g/mol. The van der Waals surface area contributed by atoms with Gasteiger partial charge in [0.05, 0.1) is 5.69 Å². The van der Waals surface area contributed by atoms with Gasteiger partial charge in [-0.1, -0.05) is 0 Å². The highest BCUT2D eigenvalue weighted by Crippen LogP contribution is 2.22. The van der Waals surface area contributed by atoms with Crippen LogP contribution < -0.4 is 5.32 Å². The summed E-state index contributed by atoms with van der Waals surface area (Å²) in [5, 5.41) is 3.55. The fourth-order valence-corrected chi connectivity index (χ4v) is 2.89. The summed E-state index contributed by atoms with van der Waals surface area (Å²) in [4.78, 5) is 4.74. The first-order valence-electron chi connectivity index (χ1n) is 7.77. The van der Waals surface area contributed by atoms with Crippen molar-refractivity contribution in [1.82, 2.24) is 14.9 Å². The molecule has 1 N–H and O–H groups in total. The number of rotatable bonds is 5. The van der Waals surface area contributed by atoms with Crippen LogP contribution in [0.2, 0.25) is 0 Å². The van der Waals surface area contributed by atoms with Gasteiger partial charge in [0, 0.05) is 17.8 Å². The number of nitrogens with zero attached hydrogens (tertiary/aromatic N) is 2. The van der Waals surface area contributed by atoms with Gasteiger partial charge in [0.2, 0.25) is 0 Å². The van der Waals surface area contributed by atoms with Crippen LogP contribution in [-0.2, 0) is 19.4 Å². The molecule has 0 fully saturated rings. The Labute approximate surface area is 117 Å². The van der Waals surface area contributed by atoms with E-state index in [1.54, 1.807) is 0 Å². The van der Waals surface area contributed by atoms with Gasteiger partial charge in [0.15, 0.2) is 0 Å². The van der Waals surface area contributed by atoms with Crippen LogP contribution >= 0.6 is 0 Å². The zero-order chi connectivity index (χ0) is 13.9. The highest BCUT2D eigenvalue weighted by molar-refractivity contribution is 5.19. The molecule has 1 aliphatic rings. The van der Waals surface area contributed by atoms with Crippen LogP contribution in [0, 0.1) is 6.92 Å². The standard InChI is InChI=1S/C16H29N3/c1-13-18-14-9-5-6-10-15(14)19(13)12-8-7-11-17-16(2,3)4/h17H,5-12H2,1-4H3. The second-order valence-electron chi connectivity index (χ2n) is 6.80. The van der Waals surface area contributed by atoms with E-state index in [0.717, 1.165) is 13.1 Å². The first-order valence-corrected chi connectivity index (χ1v) is 7.77. The molecule has 0 amide bonds. The maximum Gasteiger partial charge on any atom is 0.106 e. The van der Waals surface area contributed by atoms with Gasteiger partial charge in [-0.3, -0.25) is 0 Å². The average molecular weight is 263 g/mol. The third-order valence-electron chi connectivity index (χ3n) is 3.89. The summed E-state index contributed by atoms with van der Waals surface area (Å²) in [6.07, 6.45) is 7.56.